The molecular formula is C12H17ClIN3O. The Labute approximate surface area is 126 Å². The molecule has 0 bridgehead atoms. The van der Waals surface area contributed by atoms with E-state index in [2.05, 4.69) is 51.4 Å². The monoisotopic (exact) mass is 381 g/mol. The summed E-state index contributed by atoms with van der Waals surface area (Å²) in [6.45, 7) is 4.63. The first-order valence-electron chi connectivity index (χ1n) is 6.13. The van der Waals surface area contributed by atoms with Crippen molar-refractivity contribution in [3.63, 3.8) is 0 Å². The summed E-state index contributed by atoms with van der Waals surface area (Å²) in [7, 11) is 2.08. The van der Waals surface area contributed by atoms with Gasteiger partial charge in [0.25, 0.3) is 0 Å². The van der Waals surface area contributed by atoms with Crippen LogP contribution in [0.3, 0.4) is 0 Å². The van der Waals surface area contributed by atoms with Gasteiger partial charge in [0.15, 0.2) is 5.82 Å². The number of hydrogen-bond donors (Lipinski definition) is 0. The van der Waals surface area contributed by atoms with Gasteiger partial charge in [0, 0.05) is 13.1 Å². The molecule has 0 aliphatic carbocycles. The highest BCUT2D eigenvalue weighted by molar-refractivity contribution is 14.1. The molecule has 1 aliphatic heterocycles. The van der Waals surface area contributed by atoms with Gasteiger partial charge in [-0.3, -0.25) is 0 Å². The minimum Gasteiger partial charge on any atom is -0.368 e. The lowest BCUT2D eigenvalue weighted by molar-refractivity contribution is -0.0256. The number of rotatable bonds is 3. The second-order valence-corrected chi connectivity index (χ2v) is 5.94. The van der Waals surface area contributed by atoms with Crippen LogP contribution in [0.25, 0.3) is 0 Å². The van der Waals surface area contributed by atoms with Crippen molar-refractivity contribution in [3.8, 4) is 0 Å². The normalized spacial score (nSPS) is 21.2. The lowest BCUT2D eigenvalue weighted by atomic mass is 10.2. The number of hydrogen-bond acceptors (Lipinski definition) is 4. The van der Waals surface area contributed by atoms with Gasteiger partial charge in [-0.25, -0.2) is 9.97 Å². The molecule has 1 atom stereocenters. The van der Waals surface area contributed by atoms with Gasteiger partial charge in [0.2, 0.25) is 0 Å². The van der Waals surface area contributed by atoms with Crippen LogP contribution in [0.4, 0.5) is 0 Å². The van der Waals surface area contributed by atoms with Crippen molar-refractivity contribution >= 4 is 34.2 Å². The van der Waals surface area contributed by atoms with Crippen LogP contribution >= 0.6 is 34.2 Å². The summed E-state index contributed by atoms with van der Waals surface area (Å²) in [6, 6.07) is 0. The van der Waals surface area contributed by atoms with Crippen molar-refractivity contribution in [1.82, 2.24) is 14.9 Å². The molecule has 0 aromatic carbocycles. The summed E-state index contributed by atoms with van der Waals surface area (Å²) in [5.41, 5.74) is 1.03. The van der Waals surface area contributed by atoms with E-state index in [4.69, 9.17) is 16.3 Å². The molecule has 1 aromatic heterocycles. The Bertz CT molecular complexity index is 430. The molecule has 18 heavy (non-hydrogen) atoms. The van der Waals surface area contributed by atoms with Crippen LogP contribution in [0, 0.1) is 3.57 Å². The van der Waals surface area contributed by atoms with Crippen molar-refractivity contribution in [3.05, 3.63) is 20.2 Å². The molecule has 1 fully saturated rings. The van der Waals surface area contributed by atoms with Crippen LogP contribution in [0.15, 0.2) is 0 Å². The predicted molar refractivity (Wildman–Crippen MR) is 79.9 cm³/mol. The Balaban J connectivity index is 2.27. The van der Waals surface area contributed by atoms with Crippen LogP contribution in [-0.4, -0.2) is 41.6 Å². The minimum atomic E-state index is -0.0612. The molecule has 1 aromatic rings. The largest absolute Gasteiger partial charge is 0.368 e. The van der Waals surface area contributed by atoms with Crippen LogP contribution in [0.1, 0.15) is 31.0 Å². The fourth-order valence-electron chi connectivity index (χ4n) is 1.96. The molecule has 1 unspecified atom stereocenters. The second-order valence-electron chi connectivity index (χ2n) is 4.50. The molecule has 2 heterocycles. The third-order valence-electron chi connectivity index (χ3n) is 2.94. The van der Waals surface area contributed by atoms with Gasteiger partial charge < -0.3 is 9.64 Å². The van der Waals surface area contributed by atoms with Crippen LogP contribution in [0.5, 0.6) is 0 Å². The SMILES string of the molecule is CCCc1nc(C2CN(C)CCO2)nc(Cl)c1I. The van der Waals surface area contributed by atoms with Crippen molar-refractivity contribution in [2.75, 3.05) is 26.7 Å². The van der Waals surface area contributed by atoms with Crippen molar-refractivity contribution in [1.29, 1.82) is 0 Å². The number of nitrogens with zero attached hydrogens (tertiary/aromatic N) is 3. The lowest BCUT2D eigenvalue weighted by Crippen LogP contribution is -2.36. The van der Waals surface area contributed by atoms with Crippen LogP contribution < -0.4 is 0 Å². The third-order valence-corrected chi connectivity index (χ3v) is 4.67. The highest BCUT2D eigenvalue weighted by atomic mass is 127. The third kappa shape index (κ3) is 3.31. The highest BCUT2D eigenvalue weighted by Crippen LogP contribution is 2.25. The quantitative estimate of drug-likeness (QED) is 0.596. The molecular weight excluding hydrogens is 365 g/mol. The van der Waals surface area contributed by atoms with Crippen LogP contribution in [-0.2, 0) is 11.2 Å². The molecule has 100 valence electrons. The topological polar surface area (TPSA) is 38.2 Å². The molecule has 0 saturated carbocycles. The number of morpholine rings is 1. The number of ether oxygens (including phenoxy) is 1. The van der Waals surface area contributed by atoms with Crippen molar-refractivity contribution < 1.29 is 4.74 Å². The number of aromatic nitrogens is 2. The Morgan fingerprint density at radius 3 is 2.94 bits per heavy atom. The fourth-order valence-corrected chi connectivity index (χ4v) is 2.67. The Kier molecular flexibility index (Phi) is 5.17. The molecule has 1 aliphatic rings. The first kappa shape index (κ1) is 14.4. The first-order valence-corrected chi connectivity index (χ1v) is 7.59. The van der Waals surface area contributed by atoms with E-state index in [0.717, 1.165) is 47.6 Å². The molecule has 6 heteroatoms. The summed E-state index contributed by atoms with van der Waals surface area (Å²) in [6.07, 6.45) is 1.92. The molecule has 4 nitrogen and oxygen atoms in total. The van der Waals surface area contributed by atoms with Crippen molar-refractivity contribution in [2.24, 2.45) is 0 Å². The standard InChI is InChI=1S/C12H17ClIN3O/c1-3-4-8-10(14)11(13)16-12(15-8)9-7-17(2)5-6-18-9/h9H,3-7H2,1-2H3. The zero-order valence-electron chi connectivity index (χ0n) is 10.6. The minimum absolute atomic E-state index is 0.0612. The van der Waals surface area contributed by atoms with E-state index < -0.39 is 0 Å². The van der Waals surface area contributed by atoms with Crippen molar-refractivity contribution in [2.45, 2.75) is 25.9 Å². The van der Waals surface area contributed by atoms with E-state index >= 15 is 0 Å². The molecule has 0 radical (unpaired) electrons. The molecule has 0 amide bonds. The average molecular weight is 382 g/mol. The average Bonchev–Trinajstić information content (AvgIpc) is 2.35. The van der Waals surface area contributed by atoms with Gasteiger partial charge in [-0.2, -0.15) is 0 Å². The maximum absolute atomic E-state index is 6.18. The Hall–Kier alpha value is 0.0200. The molecule has 2 rings (SSSR count). The van der Waals surface area contributed by atoms with Gasteiger partial charge in [-0.1, -0.05) is 24.9 Å². The zero-order valence-corrected chi connectivity index (χ0v) is 13.5. The number of halogens is 2. The fraction of sp³-hybridized carbons (Fsp3) is 0.667. The first-order chi connectivity index (χ1) is 8.61. The predicted octanol–water partition coefficient (Wildman–Crippen LogP) is 2.69. The summed E-state index contributed by atoms with van der Waals surface area (Å²) in [5.74, 6) is 0.718. The van der Waals surface area contributed by atoms with Gasteiger partial charge in [-0.05, 0) is 36.1 Å². The van der Waals surface area contributed by atoms with E-state index in [0.29, 0.717) is 5.15 Å². The Morgan fingerprint density at radius 1 is 1.50 bits per heavy atom. The Morgan fingerprint density at radius 2 is 2.28 bits per heavy atom. The molecule has 0 N–H and O–H groups in total. The lowest BCUT2D eigenvalue weighted by Gasteiger charge is -2.29. The van der Waals surface area contributed by atoms with E-state index in [1.807, 2.05) is 0 Å². The summed E-state index contributed by atoms with van der Waals surface area (Å²) < 4.78 is 6.70. The van der Waals surface area contributed by atoms with Gasteiger partial charge in [-0.15, -0.1) is 0 Å². The second kappa shape index (κ2) is 6.45. The van der Waals surface area contributed by atoms with E-state index in [1.165, 1.54) is 0 Å². The maximum Gasteiger partial charge on any atom is 0.160 e. The summed E-state index contributed by atoms with van der Waals surface area (Å²) in [4.78, 5) is 11.2. The van der Waals surface area contributed by atoms with Gasteiger partial charge in [0.05, 0.1) is 15.9 Å². The van der Waals surface area contributed by atoms with Crippen LogP contribution in [0.2, 0.25) is 5.15 Å². The summed E-state index contributed by atoms with van der Waals surface area (Å²) >= 11 is 8.39. The van der Waals surface area contributed by atoms with E-state index in [9.17, 15) is 0 Å². The number of aryl methyl sites for hydroxylation is 1. The van der Waals surface area contributed by atoms with E-state index in [-0.39, 0.29) is 6.10 Å². The number of likely N-dealkylation sites (N-methyl/N-ethyl adjacent to an activating group) is 1. The van der Waals surface area contributed by atoms with E-state index in [1.54, 1.807) is 0 Å². The maximum atomic E-state index is 6.18. The smallest absolute Gasteiger partial charge is 0.160 e. The highest BCUT2D eigenvalue weighted by Gasteiger charge is 2.23. The summed E-state index contributed by atoms with van der Waals surface area (Å²) in [5, 5.41) is 0.542. The molecule has 1 saturated heterocycles. The zero-order chi connectivity index (χ0) is 13.1. The molecule has 0 spiro atoms. The van der Waals surface area contributed by atoms with Gasteiger partial charge in [0.1, 0.15) is 11.3 Å². The van der Waals surface area contributed by atoms with Gasteiger partial charge >= 0.3 is 0 Å².